The molecule has 0 bridgehead atoms. The maximum Gasteiger partial charge on any atom is 0.191 e. The number of thiazole rings is 1. The molecule has 0 spiro atoms. The molecule has 0 atom stereocenters. The van der Waals surface area contributed by atoms with E-state index in [4.69, 9.17) is 4.74 Å². The maximum atomic E-state index is 5.29. The minimum Gasteiger partial charge on any atom is -0.380 e. The highest BCUT2D eigenvalue weighted by Gasteiger charge is 2.01. The van der Waals surface area contributed by atoms with Crippen molar-refractivity contribution in [1.29, 1.82) is 0 Å². The number of aromatic nitrogens is 1. The summed E-state index contributed by atoms with van der Waals surface area (Å²) in [4.78, 5) is 9.01. The highest BCUT2D eigenvalue weighted by Crippen LogP contribution is 2.10. The molecule has 2 N–H and O–H groups in total. The second-order valence-corrected chi connectivity index (χ2v) is 4.85. The fourth-order valence-corrected chi connectivity index (χ4v) is 2.21. The molecule has 108 valence electrons. The Balaban J connectivity index is 2.42. The highest BCUT2D eigenvalue weighted by molar-refractivity contribution is 7.09. The zero-order valence-electron chi connectivity index (χ0n) is 12.0. The van der Waals surface area contributed by atoms with E-state index in [0.29, 0.717) is 13.2 Å². The molecule has 0 aliphatic rings. The van der Waals surface area contributed by atoms with Crippen molar-refractivity contribution in [3.63, 3.8) is 0 Å². The van der Waals surface area contributed by atoms with E-state index < -0.39 is 0 Å². The smallest absolute Gasteiger partial charge is 0.191 e. The standard InChI is InChI=1S/C13H24N4OS/c1-4-12-17-11(10-19-12)9-16-13(14-5-2)15-7-8-18-6-3/h10H,4-9H2,1-3H3,(H2,14,15,16). The average Bonchev–Trinajstić information content (AvgIpc) is 2.88. The van der Waals surface area contributed by atoms with Gasteiger partial charge in [-0.15, -0.1) is 11.3 Å². The summed E-state index contributed by atoms with van der Waals surface area (Å²) in [5.74, 6) is 0.813. The molecule has 0 aromatic carbocycles. The number of ether oxygens (including phenoxy) is 1. The van der Waals surface area contributed by atoms with Gasteiger partial charge < -0.3 is 15.4 Å². The third-order valence-electron chi connectivity index (χ3n) is 2.39. The highest BCUT2D eigenvalue weighted by atomic mass is 32.1. The molecule has 0 saturated heterocycles. The van der Waals surface area contributed by atoms with Gasteiger partial charge in [-0.05, 0) is 20.3 Å². The van der Waals surface area contributed by atoms with Crippen molar-refractivity contribution in [1.82, 2.24) is 15.6 Å². The zero-order valence-corrected chi connectivity index (χ0v) is 12.8. The number of rotatable bonds is 8. The van der Waals surface area contributed by atoms with Gasteiger partial charge >= 0.3 is 0 Å². The van der Waals surface area contributed by atoms with Crippen LogP contribution in [0.2, 0.25) is 0 Å². The van der Waals surface area contributed by atoms with Crippen molar-refractivity contribution >= 4 is 17.3 Å². The van der Waals surface area contributed by atoms with Crippen LogP contribution in [0, 0.1) is 0 Å². The molecule has 0 radical (unpaired) electrons. The molecule has 1 heterocycles. The minimum absolute atomic E-state index is 0.612. The van der Waals surface area contributed by atoms with Gasteiger partial charge in [0.1, 0.15) is 0 Å². The lowest BCUT2D eigenvalue weighted by Gasteiger charge is -2.10. The van der Waals surface area contributed by atoms with Crippen LogP contribution >= 0.6 is 11.3 Å². The summed E-state index contributed by atoms with van der Waals surface area (Å²) in [6.07, 6.45) is 0.987. The Bertz CT molecular complexity index is 378. The second-order valence-electron chi connectivity index (χ2n) is 3.90. The Kier molecular flexibility index (Phi) is 8.16. The van der Waals surface area contributed by atoms with Crippen molar-refractivity contribution < 1.29 is 4.74 Å². The SMILES string of the molecule is CCNC(=NCc1csc(CC)n1)NCCOCC. The van der Waals surface area contributed by atoms with Gasteiger partial charge in [0, 0.05) is 25.1 Å². The summed E-state index contributed by atoms with van der Waals surface area (Å²) in [6.45, 7) is 9.82. The Hall–Kier alpha value is -1.14. The topological polar surface area (TPSA) is 58.5 Å². The van der Waals surface area contributed by atoms with E-state index in [1.165, 1.54) is 5.01 Å². The Morgan fingerprint density at radius 2 is 2.21 bits per heavy atom. The van der Waals surface area contributed by atoms with E-state index in [0.717, 1.165) is 37.8 Å². The lowest BCUT2D eigenvalue weighted by molar-refractivity contribution is 0.152. The molecular weight excluding hydrogens is 260 g/mol. The maximum absolute atomic E-state index is 5.29. The molecule has 0 fully saturated rings. The lowest BCUT2D eigenvalue weighted by atomic mass is 10.5. The summed E-state index contributed by atoms with van der Waals surface area (Å²) in [5.41, 5.74) is 1.03. The van der Waals surface area contributed by atoms with Crippen LogP contribution in [0.25, 0.3) is 0 Å². The number of guanidine groups is 1. The number of nitrogens with zero attached hydrogens (tertiary/aromatic N) is 2. The molecule has 1 rings (SSSR count). The number of hydrogen-bond donors (Lipinski definition) is 2. The normalized spacial score (nSPS) is 11.6. The largest absolute Gasteiger partial charge is 0.380 e. The zero-order chi connectivity index (χ0) is 13.9. The molecule has 0 aliphatic carbocycles. The summed E-state index contributed by atoms with van der Waals surface area (Å²) >= 11 is 1.70. The molecular formula is C13H24N4OS. The fraction of sp³-hybridized carbons (Fsp3) is 0.692. The van der Waals surface area contributed by atoms with E-state index in [-0.39, 0.29) is 0 Å². The van der Waals surface area contributed by atoms with Crippen molar-refractivity contribution in [2.24, 2.45) is 4.99 Å². The van der Waals surface area contributed by atoms with Gasteiger partial charge in [0.25, 0.3) is 0 Å². The third-order valence-corrected chi connectivity index (χ3v) is 3.43. The molecule has 0 aliphatic heterocycles. The average molecular weight is 284 g/mol. The van der Waals surface area contributed by atoms with Crippen LogP contribution in [0.5, 0.6) is 0 Å². The molecule has 0 unspecified atom stereocenters. The molecule has 19 heavy (non-hydrogen) atoms. The predicted octanol–water partition coefficient (Wildman–Crippen LogP) is 1.80. The van der Waals surface area contributed by atoms with E-state index in [2.05, 4.69) is 39.8 Å². The van der Waals surface area contributed by atoms with E-state index in [9.17, 15) is 0 Å². The summed E-state index contributed by atoms with van der Waals surface area (Å²) < 4.78 is 5.29. The summed E-state index contributed by atoms with van der Waals surface area (Å²) in [6, 6.07) is 0. The third kappa shape index (κ3) is 6.54. The van der Waals surface area contributed by atoms with Gasteiger partial charge in [-0.25, -0.2) is 9.98 Å². The van der Waals surface area contributed by atoms with Gasteiger partial charge in [0.2, 0.25) is 0 Å². The Morgan fingerprint density at radius 3 is 2.84 bits per heavy atom. The quantitative estimate of drug-likeness (QED) is 0.434. The Labute approximate surface area is 119 Å². The number of aryl methyl sites for hydroxylation is 1. The minimum atomic E-state index is 0.612. The molecule has 5 nitrogen and oxygen atoms in total. The lowest BCUT2D eigenvalue weighted by Crippen LogP contribution is -2.39. The number of nitrogens with one attached hydrogen (secondary N) is 2. The molecule has 1 aromatic heterocycles. The molecule has 0 saturated carbocycles. The van der Waals surface area contributed by atoms with Crippen molar-refractivity contribution in [3.05, 3.63) is 16.1 Å². The second kappa shape index (κ2) is 9.75. The number of aliphatic imine (C=N–C) groups is 1. The van der Waals surface area contributed by atoms with Crippen molar-refractivity contribution in [3.8, 4) is 0 Å². The molecule has 0 amide bonds. The van der Waals surface area contributed by atoms with Gasteiger partial charge in [-0.3, -0.25) is 0 Å². The van der Waals surface area contributed by atoms with Crippen LogP contribution < -0.4 is 10.6 Å². The monoisotopic (exact) mass is 284 g/mol. The van der Waals surface area contributed by atoms with Crippen molar-refractivity contribution in [2.45, 2.75) is 33.7 Å². The van der Waals surface area contributed by atoms with Crippen LogP contribution in [0.3, 0.4) is 0 Å². The first-order valence-corrected chi connectivity index (χ1v) is 7.71. The summed E-state index contributed by atoms with van der Waals surface area (Å²) in [5, 5.41) is 9.69. The molecule has 6 heteroatoms. The van der Waals surface area contributed by atoms with Crippen LogP contribution in [0.15, 0.2) is 10.4 Å². The first-order valence-electron chi connectivity index (χ1n) is 6.83. The van der Waals surface area contributed by atoms with Gasteiger partial charge in [0.05, 0.1) is 23.9 Å². The molecule has 1 aromatic rings. The fourth-order valence-electron chi connectivity index (χ4n) is 1.47. The van der Waals surface area contributed by atoms with Gasteiger partial charge in [-0.2, -0.15) is 0 Å². The van der Waals surface area contributed by atoms with Crippen LogP contribution in [0.1, 0.15) is 31.5 Å². The van der Waals surface area contributed by atoms with E-state index in [1.54, 1.807) is 11.3 Å². The van der Waals surface area contributed by atoms with Crippen LogP contribution in [0.4, 0.5) is 0 Å². The first-order chi connectivity index (χ1) is 9.30. The van der Waals surface area contributed by atoms with Crippen LogP contribution in [-0.2, 0) is 17.7 Å². The number of hydrogen-bond acceptors (Lipinski definition) is 4. The van der Waals surface area contributed by atoms with Gasteiger partial charge in [0.15, 0.2) is 5.96 Å². The van der Waals surface area contributed by atoms with E-state index in [1.807, 2.05) is 6.92 Å². The van der Waals surface area contributed by atoms with Crippen molar-refractivity contribution in [2.75, 3.05) is 26.3 Å². The summed E-state index contributed by atoms with van der Waals surface area (Å²) in [7, 11) is 0. The van der Waals surface area contributed by atoms with Crippen LogP contribution in [-0.4, -0.2) is 37.2 Å². The Morgan fingerprint density at radius 1 is 1.37 bits per heavy atom. The van der Waals surface area contributed by atoms with Gasteiger partial charge in [-0.1, -0.05) is 6.92 Å². The van der Waals surface area contributed by atoms with E-state index >= 15 is 0 Å². The first kappa shape index (κ1) is 15.9. The predicted molar refractivity (Wildman–Crippen MR) is 80.8 cm³/mol.